The van der Waals surface area contributed by atoms with Crippen molar-refractivity contribution in [1.29, 1.82) is 0 Å². The van der Waals surface area contributed by atoms with E-state index < -0.39 is 0 Å². The summed E-state index contributed by atoms with van der Waals surface area (Å²) in [5.41, 5.74) is 0. The molecule has 1 aliphatic rings. The fourth-order valence-corrected chi connectivity index (χ4v) is 3.01. The lowest BCUT2D eigenvalue weighted by atomic mass is 9.95. The van der Waals surface area contributed by atoms with E-state index in [4.69, 9.17) is 4.74 Å². The summed E-state index contributed by atoms with van der Waals surface area (Å²) in [4.78, 5) is 2.80. The number of aryl methyl sites for hydroxylation is 1. The number of thiophene rings is 1. The van der Waals surface area contributed by atoms with Crippen molar-refractivity contribution < 1.29 is 9.84 Å². The summed E-state index contributed by atoms with van der Waals surface area (Å²) >= 11 is 1.86. The predicted octanol–water partition coefficient (Wildman–Crippen LogP) is 2.25. The number of ether oxygens (including phenoxy) is 1. The second-order valence-corrected chi connectivity index (χ2v) is 5.37. The number of rotatable bonds is 3. The van der Waals surface area contributed by atoms with Crippen molar-refractivity contribution in [2.45, 2.75) is 32.3 Å². The molecule has 0 amide bonds. The van der Waals surface area contributed by atoms with E-state index in [1.54, 1.807) is 0 Å². The zero-order valence-electron chi connectivity index (χ0n) is 9.11. The average Bonchev–Trinajstić information content (AvgIpc) is 2.69. The highest BCUT2D eigenvalue weighted by Crippen LogP contribution is 2.24. The highest BCUT2D eigenvalue weighted by atomic mass is 32.1. The molecule has 0 bridgehead atoms. The third-order valence-corrected chi connectivity index (χ3v) is 4.22. The van der Waals surface area contributed by atoms with E-state index in [1.807, 2.05) is 11.3 Å². The van der Waals surface area contributed by atoms with Crippen molar-refractivity contribution in [3.05, 3.63) is 21.9 Å². The highest BCUT2D eigenvalue weighted by molar-refractivity contribution is 7.11. The van der Waals surface area contributed by atoms with Crippen molar-refractivity contribution in [2.24, 2.45) is 5.92 Å². The monoisotopic (exact) mass is 226 g/mol. The predicted molar refractivity (Wildman–Crippen MR) is 62.3 cm³/mol. The molecule has 1 saturated heterocycles. The fourth-order valence-electron chi connectivity index (χ4n) is 1.96. The Hall–Kier alpha value is -0.380. The Morgan fingerprint density at radius 3 is 2.93 bits per heavy atom. The van der Waals surface area contributed by atoms with Gasteiger partial charge in [-0.15, -0.1) is 11.3 Å². The largest absolute Gasteiger partial charge is 0.393 e. The number of hydrogen-bond donors (Lipinski definition) is 1. The van der Waals surface area contributed by atoms with E-state index in [-0.39, 0.29) is 6.10 Å². The molecule has 1 aromatic heterocycles. The molecule has 1 fully saturated rings. The van der Waals surface area contributed by atoms with Gasteiger partial charge in [0.15, 0.2) is 0 Å². The van der Waals surface area contributed by atoms with Crippen molar-refractivity contribution in [1.82, 2.24) is 0 Å². The molecule has 2 rings (SSSR count). The summed E-state index contributed by atoms with van der Waals surface area (Å²) in [6.45, 7) is 3.59. The standard InChI is InChI=1S/C12H18O2S/c1-2-10-3-4-11(15-10)7-9-8-14-6-5-12(9)13/h3-4,9,12-13H,2,5-8H2,1H3. The van der Waals surface area contributed by atoms with Gasteiger partial charge in [0, 0.05) is 22.3 Å². The van der Waals surface area contributed by atoms with Gasteiger partial charge >= 0.3 is 0 Å². The molecule has 84 valence electrons. The Morgan fingerprint density at radius 2 is 2.27 bits per heavy atom. The van der Waals surface area contributed by atoms with Crippen LogP contribution in [0.15, 0.2) is 12.1 Å². The Morgan fingerprint density at radius 1 is 1.47 bits per heavy atom. The Kier molecular flexibility index (Phi) is 3.78. The zero-order valence-corrected chi connectivity index (χ0v) is 9.93. The Balaban J connectivity index is 1.95. The minimum atomic E-state index is -0.175. The van der Waals surface area contributed by atoms with Crippen molar-refractivity contribution in [2.75, 3.05) is 13.2 Å². The molecule has 1 aliphatic heterocycles. The number of hydrogen-bond acceptors (Lipinski definition) is 3. The lowest BCUT2D eigenvalue weighted by Gasteiger charge is -2.27. The van der Waals surface area contributed by atoms with Crippen LogP contribution >= 0.6 is 11.3 Å². The Labute approximate surface area is 94.9 Å². The molecule has 3 heteroatoms. The van der Waals surface area contributed by atoms with Gasteiger partial charge in [-0.3, -0.25) is 0 Å². The fraction of sp³-hybridized carbons (Fsp3) is 0.667. The van der Waals surface area contributed by atoms with Crippen LogP contribution < -0.4 is 0 Å². The zero-order chi connectivity index (χ0) is 10.7. The molecule has 15 heavy (non-hydrogen) atoms. The van der Waals surface area contributed by atoms with Crippen LogP contribution in [-0.4, -0.2) is 24.4 Å². The van der Waals surface area contributed by atoms with Gasteiger partial charge in [-0.25, -0.2) is 0 Å². The second-order valence-electron chi connectivity index (χ2n) is 4.12. The van der Waals surface area contributed by atoms with E-state index in [9.17, 15) is 5.11 Å². The minimum Gasteiger partial charge on any atom is -0.393 e. The molecular weight excluding hydrogens is 208 g/mol. The van der Waals surface area contributed by atoms with E-state index in [0.29, 0.717) is 19.1 Å². The molecule has 1 N–H and O–H groups in total. The summed E-state index contributed by atoms with van der Waals surface area (Å²) < 4.78 is 5.40. The first kappa shape index (κ1) is 11.1. The average molecular weight is 226 g/mol. The molecule has 0 aromatic carbocycles. The van der Waals surface area contributed by atoms with Gasteiger partial charge in [-0.2, -0.15) is 0 Å². The van der Waals surface area contributed by atoms with E-state index in [0.717, 1.165) is 19.3 Å². The minimum absolute atomic E-state index is 0.175. The first-order valence-electron chi connectivity index (χ1n) is 5.63. The van der Waals surface area contributed by atoms with Gasteiger partial charge in [0.25, 0.3) is 0 Å². The molecular formula is C12H18O2S. The molecule has 2 nitrogen and oxygen atoms in total. The molecule has 2 heterocycles. The quantitative estimate of drug-likeness (QED) is 0.856. The van der Waals surface area contributed by atoms with Crippen molar-refractivity contribution in [3.63, 3.8) is 0 Å². The summed E-state index contributed by atoms with van der Waals surface area (Å²) in [5, 5.41) is 9.82. The summed E-state index contributed by atoms with van der Waals surface area (Å²) in [5.74, 6) is 0.294. The first-order chi connectivity index (χ1) is 7.29. The first-order valence-corrected chi connectivity index (χ1v) is 6.44. The normalized spacial score (nSPS) is 26.8. The molecule has 2 atom stereocenters. The van der Waals surface area contributed by atoms with Gasteiger partial charge in [0.05, 0.1) is 12.7 Å². The topological polar surface area (TPSA) is 29.5 Å². The van der Waals surface area contributed by atoms with Crippen LogP contribution in [0, 0.1) is 5.92 Å². The number of aliphatic hydroxyl groups excluding tert-OH is 1. The maximum absolute atomic E-state index is 9.82. The lowest BCUT2D eigenvalue weighted by Crippen LogP contribution is -2.32. The van der Waals surface area contributed by atoms with Crippen LogP contribution in [0.25, 0.3) is 0 Å². The lowest BCUT2D eigenvalue weighted by molar-refractivity contribution is -0.0347. The Bertz CT molecular complexity index is 308. The van der Waals surface area contributed by atoms with Crippen LogP contribution in [-0.2, 0) is 17.6 Å². The van der Waals surface area contributed by atoms with Crippen LogP contribution in [0.3, 0.4) is 0 Å². The number of aliphatic hydroxyl groups is 1. The highest BCUT2D eigenvalue weighted by Gasteiger charge is 2.24. The van der Waals surface area contributed by atoms with Gasteiger partial charge in [-0.1, -0.05) is 6.92 Å². The van der Waals surface area contributed by atoms with Gasteiger partial charge in [0.1, 0.15) is 0 Å². The summed E-state index contributed by atoms with van der Waals surface area (Å²) in [6.07, 6.45) is 2.68. The molecule has 0 saturated carbocycles. The summed E-state index contributed by atoms with van der Waals surface area (Å²) in [7, 11) is 0. The molecule has 2 unspecified atom stereocenters. The van der Waals surface area contributed by atoms with Crippen molar-refractivity contribution >= 4 is 11.3 Å². The second kappa shape index (κ2) is 5.10. The van der Waals surface area contributed by atoms with Crippen LogP contribution in [0.5, 0.6) is 0 Å². The van der Waals surface area contributed by atoms with E-state index >= 15 is 0 Å². The van der Waals surface area contributed by atoms with Gasteiger partial charge in [-0.05, 0) is 31.4 Å². The van der Waals surface area contributed by atoms with E-state index in [2.05, 4.69) is 19.1 Å². The molecule has 0 aliphatic carbocycles. The molecule has 0 radical (unpaired) electrons. The SMILES string of the molecule is CCc1ccc(CC2COCCC2O)s1. The third-order valence-electron chi connectivity index (χ3n) is 2.96. The van der Waals surface area contributed by atoms with Crippen LogP contribution in [0.1, 0.15) is 23.1 Å². The van der Waals surface area contributed by atoms with Gasteiger partial charge in [0.2, 0.25) is 0 Å². The maximum atomic E-state index is 9.82. The van der Waals surface area contributed by atoms with Crippen LogP contribution in [0.4, 0.5) is 0 Å². The van der Waals surface area contributed by atoms with E-state index in [1.165, 1.54) is 9.75 Å². The van der Waals surface area contributed by atoms with Gasteiger partial charge < -0.3 is 9.84 Å². The smallest absolute Gasteiger partial charge is 0.0615 e. The molecule has 0 spiro atoms. The third kappa shape index (κ3) is 2.80. The maximum Gasteiger partial charge on any atom is 0.0615 e. The molecule has 1 aromatic rings. The van der Waals surface area contributed by atoms with Crippen molar-refractivity contribution in [3.8, 4) is 0 Å². The van der Waals surface area contributed by atoms with Crippen LogP contribution in [0.2, 0.25) is 0 Å². The summed E-state index contributed by atoms with van der Waals surface area (Å²) in [6, 6.07) is 4.38.